The van der Waals surface area contributed by atoms with Crippen molar-refractivity contribution >= 4 is 17.7 Å². The number of likely N-dealkylation sites (tertiary alicyclic amines) is 1. The first-order valence-electron chi connectivity index (χ1n) is 5.65. The SMILES string of the molecule is NNC(=O)c1ccc(F)c(CN2C(=O)CCC2=O)c1. The number of carbonyl (C=O) groups is 3. The summed E-state index contributed by atoms with van der Waals surface area (Å²) in [5.41, 5.74) is 2.20. The van der Waals surface area contributed by atoms with Crippen LogP contribution in [0.3, 0.4) is 0 Å². The third-order valence-corrected chi connectivity index (χ3v) is 2.92. The van der Waals surface area contributed by atoms with Crippen molar-refractivity contribution in [2.45, 2.75) is 19.4 Å². The molecule has 100 valence electrons. The van der Waals surface area contributed by atoms with E-state index in [9.17, 15) is 18.8 Å². The molecule has 0 atom stereocenters. The summed E-state index contributed by atoms with van der Waals surface area (Å²) in [6.07, 6.45) is 0.285. The Kier molecular flexibility index (Phi) is 3.57. The highest BCUT2D eigenvalue weighted by atomic mass is 19.1. The second-order valence-corrected chi connectivity index (χ2v) is 4.15. The van der Waals surface area contributed by atoms with Crippen LogP contribution in [0.2, 0.25) is 0 Å². The number of hydrogen-bond donors (Lipinski definition) is 2. The molecule has 1 aromatic carbocycles. The molecule has 0 aromatic heterocycles. The summed E-state index contributed by atoms with van der Waals surface area (Å²) >= 11 is 0. The highest BCUT2D eigenvalue weighted by molar-refractivity contribution is 6.01. The number of imide groups is 1. The first kappa shape index (κ1) is 13.2. The van der Waals surface area contributed by atoms with Crippen molar-refractivity contribution in [1.29, 1.82) is 0 Å². The van der Waals surface area contributed by atoms with E-state index >= 15 is 0 Å². The fraction of sp³-hybridized carbons (Fsp3) is 0.250. The normalized spacial score (nSPS) is 14.9. The lowest BCUT2D eigenvalue weighted by Crippen LogP contribution is -2.31. The molecule has 1 heterocycles. The zero-order valence-corrected chi connectivity index (χ0v) is 9.98. The Hall–Kier alpha value is -2.28. The average molecular weight is 265 g/mol. The molecule has 6 nitrogen and oxygen atoms in total. The number of hydrogen-bond acceptors (Lipinski definition) is 4. The minimum Gasteiger partial charge on any atom is -0.290 e. The predicted octanol–water partition coefficient (Wildman–Crippen LogP) is 0.0782. The zero-order valence-electron chi connectivity index (χ0n) is 9.98. The number of nitrogen functional groups attached to an aromatic ring is 1. The molecule has 0 bridgehead atoms. The van der Waals surface area contributed by atoms with Gasteiger partial charge in [0.1, 0.15) is 5.82 Å². The van der Waals surface area contributed by atoms with Gasteiger partial charge in [-0.3, -0.25) is 24.7 Å². The minimum absolute atomic E-state index is 0.102. The van der Waals surface area contributed by atoms with Crippen LogP contribution < -0.4 is 11.3 Å². The lowest BCUT2D eigenvalue weighted by molar-refractivity contribution is -0.139. The monoisotopic (exact) mass is 265 g/mol. The number of nitrogens with one attached hydrogen (secondary N) is 1. The van der Waals surface area contributed by atoms with E-state index in [1.807, 2.05) is 5.43 Å². The minimum atomic E-state index is -0.582. The summed E-state index contributed by atoms with van der Waals surface area (Å²) in [5, 5.41) is 0. The first-order valence-corrected chi connectivity index (χ1v) is 5.65. The van der Waals surface area contributed by atoms with Crippen LogP contribution in [0.1, 0.15) is 28.8 Å². The molecular formula is C12H12FN3O3. The Bertz CT molecular complexity index is 543. The van der Waals surface area contributed by atoms with Crippen molar-refractivity contribution < 1.29 is 18.8 Å². The second-order valence-electron chi connectivity index (χ2n) is 4.15. The zero-order chi connectivity index (χ0) is 14.0. The Balaban J connectivity index is 2.26. The molecule has 19 heavy (non-hydrogen) atoms. The summed E-state index contributed by atoms with van der Waals surface area (Å²) in [6, 6.07) is 3.65. The highest BCUT2D eigenvalue weighted by Gasteiger charge is 2.29. The van der Waals surface area contributed by atoms with Gasteiger partial charge in [0.25, 0.3) is 5.91 Å². The van der Waals surface area contributed by atoms with Crippen LogP contribution in [0.25, 0.3) is 0 Å². The van der Waals surface area contributed by atoms with Crippen LogP contribution in [0.5, 0.6) is 0 Å². The summed E-state index contributed by atoms with van der Waals surface area (Å²) in [7, 11) is 0. The van der Waals surface area contributed by atoms with Crippen LogP contribution in [-0.2, 0) is 16.1 Å². The third kappa shape index (κ3) is 2.60. The van der Waals surface area contributed by atoms with Crippen molar-refractivity contribution in [3.8, 4) is 0 Å². The Morgan fingerprint density at radius 2 is 1.95 bits per heavy atom. The number of nitrogens with two attached hydrogens (primary N) is 1. The Labute approximate surface area is 108 Å². The van der Waals surface area contributed by atoms with Gasteiger partial charge in [-0.15, -0.1) is 0 Å². The van der Waals surface area contributed by atoms with E-state index in [0.29, 0.717) is 0 Å². The molecule has 0 unspecified atom stereocenters. The number of benzene rings is 1. The first-order chi connectivity index (χ1) is 9.02. The van der Waals surface area contributed by atoms with E-state index in [4.69, 9.17) is 5.84 Å². The fourth-order valence-corrected chi connectivity index (χ4v) is 1.89. The topological polar surface area (TPSA) is 92.5 Å². The van der Waals surface area contributed by atoms with Crippen molar-refractivity contribution in [2.75, 3.05) is 0 Å². The molecule has 3 N–H and O–H groups in total. The highest BCUT2D eigenvalue weighted by Crippen LogP contribution is 2.18. The quantitative estimate of drug-likeness (QED) is 0.350. The van der Waals surface area contributed by atoms with E-state index in [1.54, 1.807) is 0 Å². The number of amides is 3. The van der Waals surface area contributed by atoms with Crippen LogP contribution in [0.4, 0.5) is 4.39 Å². The largest absolute Gasteiger partial charge is 0.290 e. The van der Waals surface area contributed by atoms with Crippen molar-refractivity contribution in [2.24, 2.45) is 5.84 Å². The van der Waals surface area contributed by atoms with Gasteiger partial charge in [-0.2, -0.15) is 0 Å². The molecular weight excluding hydrogens is 253 g/mol. The van der Waals surface area contributed by atoms with Crippen LogP contribution in [-0.4, -0.2) is 22.6 Å². The van der Waals surface area contributed by atoms with Crippen molar-refractivity contribution in [3.63, 3.8) is 0 Å². The molecule has 7 heteroatoms. The number of nitrogens with zero attached hydrogens (tertiary/aromatic N) is 1. The molecule has 0 aliphatic carbocycles. The predicted molar refractivity (Wildman–Crippen MR) is 62.8 cm³/mol. The molecule has 0 saturated carbocycles. The Morgan fingerprint density at radius 3 is 2.53 bits per heavy atom. The molecule has 1 aliphatic heterocycles. The second kappa shape index (κ2) is 5.15. The smallest absolute Gasteiger partial charge is 0.265 e. The summed E-state index contributed by atoms with van der Waals surface area (Å²) in [6.45, 7) is -0.171. The van der Waals surface area contributed by atoms with Crippen LogP contribution in [0, 0.1) is 5.82 Å². The Morgan fingerprint density at radius 1 is 1.32 bits per heavy atom. The lowest BCUT2D eigenvalue weighted by Gasteiger charge is -2.14. The van der Waals surface area contributed by atoms with Gasteiger partial charge in [-0.1, -0.05) is 0 Å². The van der Waals surface area contributed by atoms with Gasteiger partial charge in [-0.05, 0) is 18.2 Å². The summed E-state index contributed by atoms with van der Waals surface area (Å²) in [5.74, 6) is 3.17. The molecule has 3 amide bonds. The molecule has 0 radical (unpaired) electrons. The van der Waals surface area contributed by atoms with E-state index in [0.717, 1.165) is 11.0 Å². The molecule has 1 aliphatic rings. The maximum Gasteiger partial charge on any atom is 0.265 e. The van der Waals surface area contributed by atoms with Crippen molar-refractivity contribution in [3.05, 3.63) is 35.1 Å². The van der Waals surface area contributed by atoms with Gasteiger partial charge in [0.15, 0.2) is 0 Å². The standard InChI is InChI=1S/C12H12FN3O3/c13-9-2-1-7(12(19)15-14)5-8(9)6-16-10(17)3-4-11(16)18/h1-2,5H,3-4,6,14H2,(H,15,19). The van der Waals surface area contributed by atoms with E-state index in [1.165, 1.54) is 12.1 Å². The van der Waals surface area contributed by atoms with E-state index < -0.39 is 11.7 Å². The van der Waals surface area contributed by atoms with E-state index in [-0.39, 0.29) is 42.3 Å². The number of carbonyl (C=O) groups excluding carboxylic acids is 3. The van der Waals surface area contributed by atoms with Crippen molar-refractivity contribution in [1.82, 2.24) is 10.3 Å². The molecule has 2 rings (SSSR count). The summed E-state index contributed by atoms with van der Waals surface area (Å²) < 4.78 is 13.6. The van der Waals surface area contributed by atoms with Gasteiger partial charge >= 0.3 is 0 Å². The van der Waals surface area contributed by atoms with Gasteiger partial charge in [0.05, 0.1) is 6.54 Å². The fourth-order valence-electron chi connectivity index (χ4n) is 1.89. The van der Waals surface area contributed by atoms with Crippen LogP contribution in [0.15, 0.2) is 18.2 Å². The molecule has 1 saturated heterocycles. The molecule has 1 aromatic rings. The maximum atomic E-state index is 13.6. The molecule has 1 fully saturated rings. The van der Waals surface area contributed by atoms with Gasteiger partial charge in [-0.25, -0.2) is 10.2 Å². The van der Waals surface area contributed by atoms with Gasteiger partial charge in [0, 0.05) is 24.0 Å². The summed E-state index contributed by atoms with van der Waals surface area (Å²) in [4.78, 5) is 35.2. The van der Waals surface area contributed by atoms with Crippen LogP contribution >= 0.6 is 0 Å². The van der Waals surface area contributed by atoms with Gasteiger partial charge < -0.3 is 0 Å². The maximum absolute atomic E-state index is 13.6. The number of rotatable bonds is 3. The average Bonchev–Trinajstić information content (AvgIpc) is 2.72. The number of hydrazine groups is 1. The lowest BCUT2D eigenvalue weighted by atomic mass is 10.1. The van der Waals surface area contributed by atoms with Gasteiger partial charge in [0.2, 0.25) is 11.8 Å². The van der Waals surface area contributed by atoms with E-state index in [2.05, 4.69) is 0 Å². The molecule has 0 spiro atoms. The number of halogens is 1. The third-order valence-electron chi connectivity index (χ3n) is 2.92.